The van der Waals surface area contributed by atoms with Crippen LogP contribution in [0.15, 0.2) is 240 Å². The first kappa shape index (κ1) is 38.2. The molecule has 4 nitrogen and oxygen atoms in total. The number of benzene rings is 10. The molecule has 7 heteroatoms. The highest BCUT2D eigenvalue weighted by molar-refractivity contribution is 8.00. The maximum Gasteiger partial charge on any atom is 0.260 e. The molecule has 0 fully saturated rings. The first-order chi connectivity index (χ1) is 33.2. The predicted molar refractivity (Wildman–Crippen MR) is 280 cm³/mol. The van der Waals surface area contributed by atoms with Crippen LogP contribution in [0.5, 0.6) is 23.0 Å². The molecule has 0 N–H and O–H groups in total. The van der Waals surface area contributed by atoms with Crippen molar-refractivity contribution in [2.24, 2.45) is 0 Å². The minimum absolute atomic E-state index is 0.0461. The summed E-state index contributed by atoms with van der Waals surface area (Å²) in [6.45, 7) is -0.143. The van der Waals surface area contributed by atoms with Gasteiger partial charge in [-0.1, -0.05) is 175 Å². The summed E-state index contributed by atoms with van der Waals surface area (Å²) in [7, 11) is 0. The lowest BCUT2D eigenvalue weighted by Crippen LogP contribution is -2.63. The average molecular weight is 873 g/mol. The zero-order valence-electron chi connectivity index (χ0n) is 36.2. The molecule has 0 unspecified atom stereocenters. The number of fused-ring (bicyclic) bond motifs is 8. The van der Waals surface area contributed by atoms with Gasteiger partial charge in [0.05, 0.1) is 5.69 Å². The second-order valence-electron chi connectivity index (χ2n) is 17.6. The van der Waals surface area contributed by atoms with Gasteiger partial charge in [0.2, 0.25) is 6.71 Å². The van der Waals surface area contributed by atoms with Gasteiger partial charge in [0.15, 0.2) is 0 Å². The standard InChI is InChI=1S/C60H38B2N2O2S/c1-5-19-39(20-6-1)41-33-55-60-56(34-41)66-54-38-51-48(37-49(54)61(60)46-28-14-17-31-53(46)65-55)62-47-29-15-18-32-57(47)67-58-36-44(63(42-23-9-3-10-24-42)43-25-11-4-12-26-43)35-52(59(58)62)64(51)50-30-16-13-27-45(50)40-21-7-2-8-22-40/h1-38H. The van der Waals surface area contributed by atoms with E-state index < -0.39 is 0 Å². The van der Waals surface area contributed by atoms with Crippen molar-refractivity contribution >= 4 is 92.1 Å². The minimum atomic E-state index is -0.0966. The topological polar surface area (TPSA) is 24.9 Å². The maximum absolute atomic E-state index is 7.29. The summed E-state index contributed by atoms with van der Waals surface area (Å²) < 4.78 is 14.1. The Morgan fingerprint density at radius 3 is 1.66 bits per heavy atom. The summed E-state index contributed by atoms with van der Waals surface area (Å²) in [6, 6.07) is 83.2. The summed E-state index contributed by atoms with van der Waals surface area (Å²) in [5.41, 5.74) is 18.3. The molecule has 10 aromatic rings. The van der Waals surface area contributed by atoms with Crippen LogP contribution in [0.2, 0.25) is 0 Å². The Kier molecular flexibility index (Phi) is 8.68. The van der Waals surface area contributed by atoms with Crippen LogP contribution in [0.1, 0.15) is 0 Å². The molecule has 4 aliphatic rings. The number of hydrogen-bond donors (Lipinski definition) is 0. The highest BCUT2D eigenvalue weighted by Crippen LogP contribution is 2.49. The number of rotatable bonds is 6. The molecule has 312 valence electrons. The lowest BCUT2D eigenvalue weighted by molar-refractivity contribution is 0.465. The van der Waals surface area contributed by atoms with Gasteiger partial charge < -0.3 is 19.3 Å². The van der Waals surface area contributed by atoms with E-state index in [-0.39, 0.29) is 13.4 Å². The van der Waals surface area contributed by atoms with Crippen LogP contribution in [0, 0.1) is 0 Å². The fourth-order valence-corrected chi connectivity index (χ4v) is 12.1. The van der Waals surface area contributed by atoms with E-state index in [1.54, 1.807) is 0 Å². The van der Waals surface area contributed by atoms with Gasteiger partial charge >= 0.3 is 0 Å². The molecule has 0 saturated carbocycles. The third-order valence-electron chi connectivity index (χ3n) is 13.8. The van der Waals surface area contributed by atoms with Crippen LogP contribution >= 0.6 is 11.8 Å². The highest BCUT2D eigenvalue weighted by atomic mass is 32.2. The number of para-hydroxylation sites is 4. The first-order valence-electron chi connectivity index (χ1n) is 22.9. The molecule has 0 saturated heterocycles. The molecular weight excluding hydrogens is 834 g/mol. The van der Waals surface area contributed by atoms with Gasteiger partial charge in [0.25, 0.3) is 6.71 Å². The minimum Gasteiger partial charge on any atom is -0.458 e. The van der Waals surface area contributed by atoms with Gasteiger partial charge in [0, 0.05) is 55.3 Å². The number of nitrogens with zero attached hydrogens (tertiary/aromatic N) is 2. The van der Waals surface area contributed by atoms with Gasteiger partial charge in [-0.3, -0.25) is 0 Å². The van der Waals surface area contributed by atoms with Crippen molar-refractivity contribution in [3.63, 3.8) is 0 Å². The second kappa shape index (κ2) is 15.2. The predicted octanol–water partition coefficient (Wildman–Crippen LogP) is 12.0. The van der Waals surface area contributed by atoms with Crippen molar-refractivity contribution in [2.45, 2.75) is 9.79 Å². The fourth-order valence-electron chi connectivity index (χ4n) is 10.9. The Hall–Kier alpha value is -8.12. The molecule has 4 aliphatic heterocycles. The molecular formula is C60H38B2N2O2S. The molecule has 0 radical (unpaired) electrons. The van der Waals surface area contributed by atoms with Crippen molar-refractivity contribution in [2.75, 3.05) is 9.80 Å². The van der Waals surface area contributed by atoms with E-state index in [4.69, 9.17) is 9.47 Å². The summed E-state index contributed by atoms with van der Waals surface area (Å²) in [5, 5.41) is 0. The summed E-state index contributed by atoms with van der Waals surface area (Å²) in [4.78, 5) is 7.43. The Labute approximate surface area is 394 Å². The Balaban J connectivity index is 1.07. The summed E-state index contributed by atoms with van der Waals surface area (Å²) in [6.07, 6.45) is 0. The van der Waals surface area contributed by atoms with Crippen LogP contribution in [0.25, 0.3) is 22.3 Å². The highest BCUT2D eigenvalue weighted by Gasteiger charge is 2.46. The van der Waals surface area contributed by atoms with Gasteiger partial charge in [0.1, 0.15) is 23.0 Å². The lowest BCUT2D eigenvalue weighted by Gasteiger charge is -2.43. The number of anilines is 6. The molecule has 4 heterocycles. The van der Waals surface area contributed by atoms with Gasteiger partial charge in [-0.05, 0) is 105 Å². The van der Waals surface area contributed by atoms with E-state index in [0.717, 1.165) is 95.8 Å². The van der Waals surface area contributed by atoms with E-state index in [2.05, 4.69) is 240 Å². The average Bonchev–Trinajstić information content (AvgIpc) is 3.39. The van der Waals surface area contributed by atoms with Crippen LogP contribution in [0.3, 0.4) is 0 Å². The van der Waals surface area contributed by atoms with E-state index in [9.17, 15) is 0 Å². The molecule has 0 spiro atoms. The van der Waals surface area contributed by atoms with Crippen LogP contribution in [-0.2, 0) is 0 Å². The van der Waals surface area contributed by atoms with E-state index >= 15 is 0 Å². The molecule has 0 atom stereocenters. The Morgan fingerprint density at radius 1 is 0.343 bits per heavy atom. The van der Waals surface area contributed by atoms with Crippen molar-refractivity contribution in [1.29, 1.82) is 0 Å². The first-order valence-corrected chi connectivity index (χ1v) is 23.7. The summed E-state index contributed by atoms with van der Waals surface area (Å²) in [5.74, 6) is 3.38. The second-order valence-corrected chi connectivity index (χ2v) is 18.6. The molecule has 10 aromatic carbocycles. The van der Waals surface area contributed by atoms with Crippen molar-refractivity contribution in [1.82, 2.24) is 0 Å². The van der Waals surface area contributed by atoms with E-state index in [1.165, 1.54) is 26.2 Å². The molecule has 0 bridgehead atoms. The van der Waals surface area contributed by atoms with E-state index in [0.29, 0.717) is 0 Å². The third-order valence-corrected chi connectivity index (χ3v) is 14.9. The van der Waals surface area contributed by atoms with Crippen molar-refractivity contribution in [3.8, 4) is 45.3 Å². The SMILES string of the molecule is c1ccc(-c2cc3c4c(c2)Oc2cc5c(cc2B4c2ccccc2O3)B2c3ccccc3Sc3cc(N(c4ccccc4)c4ccccc4)cc(c32)N5c2ccccc2-c2ccccc2)cc1. The van der Waals surface area contributed by atoms with Crippen molar-refractivity contribution in [3.05, 3.63) is 231 Å². The smallest absolute Gasteiger partial charge is 0.260 e. The summed E-state index contributed by atoms with van der Waals surface area (Å²) >= 11 is 1.88. The lowest BCUT2D eigenvalue weighted by atomic mass is 9.31. The zero-order chi connectivity index (χ0) is 44.0. The maximum atomic E-state index is 7.29. The van der Waals surface area contributed by atoms with Crippen LogP contribution < -0.4 is 52.1 Å². The number of hydrogen-bond acceptors (Lipinski definition) is 5. The van der Waals surface area contributed by atoms with Gasteiger partial charge in [-0.25, -0.2) is 0 Å². The van der Waals surface area contributed by atoms with Crippen LogP contribution in [-0.4, -0.2) is 13.4 Å². The molecule has 67 heavy (non-hydrogen) atoms. The molecule has 0 amide bonds. The Morgan fingerprint density at radius 2 is 0.925 bits per heavy atom. The van der Waals surface area contributed by atoms with Crippen molar-refractivity contribution < 1.29 is 9.47 Å². The molecule has 0 aromatic heterocycles. The van der Waals surface area contributed by atoms with Crippen LogP contribution in [0.4, 0.5) is 34.1 Å². The quantitative estimate of drug-likeness (QED) is 0.155. The molecule has 0 aliphatic carbocycles. The largest absolute Gasteiger partial charge is 0.458 e. The van der Waals surface area contributed by atoms with E-state index in [1.807, 2.05) is 11.8 Å². The zero-order valence-corrected chi connectivity index (χ0v) is 37.0. The van der Waals surface area contributed by atoms with Gasteiger partial charge in [-0.2, -0.15) is 0 Å². The monoisotopic (exact) mass is 872 g/mol. The van der Waals surface area contributed by atoms with Gasteiger partial charge in [-0.15, -0.1) is 0 Å². The third kappa shape index (κ3) is 6.05. The fraction of sp³-hybridized carbons (Fsp3) is 0. The normalized spacial score (nSPS) is 13.2. The molecule has 14 rings (SSSR count). The Bertz CT molecular complexity index is 3550. The number of ether oxygens (including phenoxy) is 2.